The van der Waals surface area contributed by atoms with Crippen molar-refractivity contribution in [1.29, 1.82) is 0 Å². The molecule has 0 atom stereocenters. The van der Waals surface area contributed by atoms with Crippen LogP contribution in [0.15, 0.2) is 41.0 Å². The molecule has 3 nitrogen and oxygen atoms in total. The zero-order valence-electron chi connectivity index (χ0n) is 8.81. The lowest BCUT2D eigenvalue weighted by Gasteiger charge is -1.97. The minimum Gasteiger partial charge on any atom is -0.508 e. The number of aromatic nitrogens is 1. The van der Waals surface area contributed by atoms with Crippen molar-refractivity contribution < 1.29 is 5.11 Å². The van der Waals surface area contributed by atoms with E-state index >= 15 is 0 Å². The van der Waals surface area contributed by atoms with E-state index in [1.807, 2.05) is 6.07 Å². The van der Waals surface area contributed by atoms with Gasteiger partial charge in [0.1, 0.15) is 11.6 Å². The molecule has 1 aromatic heterocycles. The van der Waals surface area contributed by atoms with Crippen molar-refractivity contribution in [3.05, 3.63) is 52.1 Å². The molecule has 1 aromatic carbocycles. The maximum Gasteiger partial charge on any atom is 0.139 e. The number of phenolic OH excluding ortho intramolecular Hbond substituents is 1. The summed E-state index contributed by atoms with van der Waals surface area (Å²) < 4.78 is 0.835. The Bertz CT molecular complexity index is 597. The van der Waals surface area contributed by atoms with Gasteiger partial charge in [-0.15, -0.1) is 0 Å². The lowest BCUT2D eigenvalue weighted by atomic mass is 10.2. The molecule has 84 valence electrons. The van der Waals surface area contributed by atoms with Crippen LogP contribution in [0, 0.1) is 11.8 Å². The van der Waals surface area contributed by atoms with Crippen LogP contribution < -0.4 is 5.73 Å². The Kier molecular flexibility index (Phi) is 3.31. The van der Waals surface area contributed by atoms with E-state index in [4.69, 9.17) is 10.8 Å². The molecule has 2 aromatic rings. The molecular weight excluding hydrogens is 280 g/mol. The number of nitrogens with two attached hydrogens (primary N) is 1. The van der Waals surface area contributed by atoms with Crippen molar-refractivity contribution >= 4 is 21.7 Å². The first-order valence-electron chi connectivity index (χ1n) is 4.87. The van der Waals surface area contributed by atoms with Gasteiger partial charge in [-0.1, -0.05) is 11.8 Å². The van der Waals surface area contributed by atoms with E-state index in [0.717, 1.165) is 10.0 Å². The van der Waals surface area contributed by atoms with Crippen LogP contribution in [0.25, 0.3) is 0 Å². The van der Waals surface area contributed by atoms with Gasteiger partial charge < -0.3 is 10.8 Å². The highest BCUT2D eigenvalue weighted by atomic mass is 79.9. The number of nitrogen functional groups attached to an aromatic ring is 1. The molecule has 0 amide bonds. The monoisotopic (exact) mass is 288 g/mol. The summed E-state index contributed by atoms with van der Waals surface area (Å²) in [6, 6.07) is 8.47. The van der Waals surface area contributed by atoms with Crippen LogP contribution in [-0.4, -0.2) is 10.1 Å². The summed E-state index contributed by atoms with van der Waals surface area (Å²) in [6.45, 7) is 0. The predicted octanol–water partition coefficient (Wildman–Crippen LogP) is 2.53. The van der Waals surface area contributed by atoms with Crippen LogP contribution in [-0.2, 0) is 0 Å². The van der Waals surface area contributed by atoms with Crippen LogP contribution >= 0.6 is 15.9 Å². The van der Waals surface area contributed by atoms with Gasteiger partial charge in [0.25, 0.3) is 0 Å². The molecule has 0 radical (unpaired) electrons. The number of hydrogen-bond acceptors (Lipinski definition) is 3. The van der Waals surface area contributed by atoms with Gasteiger partial charge in [0.15, 0.2) is 0 Å². The molecule has 17 heavy (non-hydrogen) atoms. The maximum absolute atomic E-state index is 9.14. The van der Waals surface area contributed by atoms with Crippen LogP contribution in [0.2, 0.25) is 0 Å². The quantitative estimate of drug-likeness (QED) is 0.733. The van der Waals surface area contributed by atoms with E-state index in [0.29, 0.717) is 11.4 Å². The molecule has 0 spiro atoms. The number of benzene rings is 1. The molecule has 3 N–H and O–H groups in total. The molecule has 0 saturated carbocycles. The molecule has 0 fully saturated rings. The number of rotatable bonds is 0. The third kappa shape index (κ3) is 2.99. The number of nitrogens with zero attached hydrogens (tertiary/aromatic N) is 1. The van der Waals surface area contributed by atoms with Crippen molar-refractivity contribution in [2.75, 3.05) is 5.73 Å². The number of pyridine rings is 1. The Balaban J connectivity index is 2.32. The van der Waals surface area contributed by atoms with Crippen LogP contribution in [0.1, 0.15) is 11.1 Å². The fraction of sp³-hybridized carbons (Fsp3) is 0. The predicted molar refractivity (Wildman–Crippen MR) is 70.4 cm³/mol. The lowest BCUT2D eigenvalue weighted by molar-refractivity contribution is 0.475. The minimum absolute atomic E-state index is 0.221. The molecular formula is C13H9BrN2O. The average molecular weight is 289 g/mol. The number of phenols is 1. The Morgan fingerprint density at radius 1 is 1.18 bits per heavy atom. The van der Waals surface area contributed by atoms with Crippen LogP contribution in [0.5, 0.6) is 5.75 Å². The van der Waals surface area contributed by atoms with Gasteiger partial charge in [-0.3, -0.25) is 0 Å². The van der Waals surface area contributed by atoms with E-state index in [1.54, 1.807) is 30.5 Å². The van der Waals surface area contributed by atoms with E-state index in [1.165, 1.54) is 0 Å². The molecule has 4 heteroatoms. The van der Waals surface area contributed by atoms with Gasteiger partial charge in [0, 0.05) is 16.2 Å². The van der Waals surface area contributed by atoms with E-state index in [9.17, 15) is 0 Å². The summed E-state index contributed by atoms with van der Waals surface area (Å²) in [5.74, 6) is 6.52. The average Bonchev–Trinajstić information content (AvgIpc) is 2.32. The second-order valence-electron chi connectivity index (χ2n) is 3.38. The molecule has 0 aliphatic heterocycles. The van der Waals surface area contributed by atoms with Gasteiger partial charge in [-0.25, -0.2) is 4.98 Å². The third-order valence-electron chi connectivity index (χ3n) is 2.09. The van der Waals surface area contributed by atoms with Gasteiger partial charge in [-0.2, -0.15) is 0 Å². The topological polar surface area (TPSA) is 59.1 Å². The van der Waals surface area contributed by atoms with Crippen molar-refractivity contribution in [1.82, 2.24) is 4.98 Å². The normalized spacial score (nSPS) is 9.47. The third-order valence-corrected chi connectivity index (χ3v) is 2.53. The van der Waals surface area contributed by atoms with Crippen molar-refractivity contribution in [2.45, 2.75) is 0 Å². The molecule has 2 rings (SSSR count). The van der Waals surface area contributed by atoms with Crippen molar-refractivity contribution in [3.8, 4) is 17.6 Å². The van der Waals surface area contributed by atoms with Crippen molar-refractivity contribution in [2.24, 2.45) is 0 Å². The number of aromatic hydroxyl groups is 1. The first kappa shape index (κ1) is 11.5. The number of halogens is 1. The lowest BCUT2D eigenvalue weighted by Crippen LogP contribution is -1.93. The zero-order valence-corrected chi connectivity index (χ0v) is 10.4. The second-order valence-corrected chi connectivity index (χ2v) is 4.30. The standard InChI is InChI=1S/C13H9BrN2O/c14-11-7-10(13(15)16-8-11)4-1-9-2-5-12(17)6-3-9/h2-3,5-8,17H,(H2,15,16). The van der Waals surface area contributed by atoms with E-state index in [-0.39, 0.29) is 5.75 Å². The van der Waals surface area contributed by atoms with Crippen molar-refractivity contribution in [3.63, 3.8) is 0 Å². The first-order valence-corrected chi connectivity index (χ1v) is 5.66. The van der Waals surface area contributed by atoms with Gasteiger partial charge in [0.05, 0.1) is 5.56 Å². The number of anilines is 1. The Morgan fingerprint density at radius 3 is 2.59 bits per heavy atom. The fourth-order valence-corrected chi connectivity index (χ4v) is 1.57. The summed E-state index contributed by atoms with van der Waals surface area (Å²) in [5, 5.41) is 9.14. The molecule has 0 saturated heterocycles. The molecule has 0 aliphatic rings. The molecule has 0 unspecified atom stereocenters. The fourth-order valence-electron chi connectivity index (χ4n) is 1.23. The summed E-state index contributed by atoms with van der Waals surface area (Å²) in [5.41, 5.74) is 7.18. The van der Waals surface area contributed by atoms with E-state index < -0.39 is 0 Å². The Hall–Kier alpha value is -1.99. The van der Waals surface area contributed by atoms with Crippen LogP contribution in [0.3, 0.4) is 0 Å². The zero-order chi connectivity index (χ0) is 12.3. The maximum atomic E-state index is 9.14. The first-order chi connectivity index (χ1) is 8.15. The van der Waals surface area contributed by atoms with Crippen LogP contribution in [0.4, 0.5) is 5.82 Å². The SMILES string of the molecule is Nc1ncc(Br)cc1C#Cc1ccc(O)cc1. The summed E-state index contributed by atoms with van der Waals surface area (Å²) in [6.07, 6.45) is 1.63. The smallest absolute Gasteiger partial charge is 0.139 e. The Labute approximate surface area is 107 Å². The highest BCUT2D eigenvalue weighted by Gasteiger charge is 1.97. The minimum atomic E-state index is 0.221. The van der Waals surface area contributed by atoms with Gasteiger partial charge in [0.2, 0.25) is 0 Å². The highest BCUT2D eigenvalue weighted by Crippen LogP contribution is 2.14. The molecule has 0 bridgehead atoms. The van der Waals surface area contributed by atoms with Gasteiger partial charge in [-0.05, 0) is 46.3 Å². The summed E-state index contributed by atoms with van der Waals surface area (Å²) in [4.78, 5) is 3.99. The molecule has 0 aliphatic carbocycles. The highest BCUT2D eigenvalue weighted by molar-refractivity contribution is 9.10. The Morgan fingerprint density at radius 2 is 1.88 bits per heavy atom. The van der Waals surface area contributed by atoms with Gasteiger partial charge >= 0.3 is 0 Å². The second kappa shape index (κ2) is 4.89. The summed E-state index contributed by atoms with van der Waals surface area (Å²) in [7, 11) is 0. The summed E-state index contributed by atoms with van der Waals surface area (Å²) >= 11 is 3.31. The largest absolute Gasteiger partial charge is 0.508 e. The number of hydrogen-bond donors (Lipinski definition) is 2. The van der Waals surface area contributed by atoms with E-state index in [2.05, 4.69) is 32.8 Å². The molecule has 1 heterocycles.